The molecule has 4 N–H and O–H groups in total. The van der Waals surface area contributed by atoms with Crippen LogP contribution >= 0.6 is 11.6 Å². The predicted molar refractivity (Wildman–Crippen MR) is 146 cm³/mol. The van der Waals surface area contributed by atoms with E-state index in [4.69, 9.17) is 21.1 Å². The molecule has 13 heteroatoms. The number of pyridine rings is 1. The molecule has 2 heterocycles. The van der Waals surface area contributed by atoms with E-state index in [1.54, 1.807) is 43.6 Å². The number of nitrogens with zero attached hydrogens (tertiary/aromatic N) is 1. The number of anilines is 2. The molecule has 210 valence electrons. The van der Waals surface area contributed by atoms with Crippen LogP contribution in [0.4, 0.5) is 29.3 Å². The van der Waals surface area contributed by atoms with E-state index in [0.29, 0.717) is 43.0 Å². The molecule has 0 bridgehead atoms. The van der Waals surface area contributed by atoms with Crippen LogP contribution in [0.1, 0.15) is 16.1 Å². The molecule has 0 aliphatic heterocycles. The third kappa shape index (κ3) is 7.08. The Kier molecular flexibility index (Phi) is 9.25. The highest BCUT2D eigenvalue weighted by molar-refractivity contribution is 6.31. The Labute approximate surface area is 232 Å². The van der Waals surface area contributed by atoms with Gasteiger partial charge in [-0.3, -0.25) is 9.78 Å². The monoisotopic (exact) mass is 575 g/mol. The van der Waals surface area contributed by atoms with Crippen LogP contribution in [0.15, 0.2) is 60.9 Å². The Morgan fingerprint density at radius 1 is 1.00 bits per heavy atom. The van der Waals surface area contributed by atoms with Crippen molar-refractivity contribution in [3.05, 3.63) is 77.2 Å². The Hall–Kier alpha value is -4.13. The summed E-state index contributed by atoms with van der Waals surface area (Å²) in [5.74, 6) is -0.354. The van der Waals surface area contributed by atoms with Gasteiger partial charge in [-0.05, 0) is 42.0 Å². The molecule has 3 amide bonds. The molecular weight excluding hydrogens is 551 g/mol. The normalized spacial score (nSPS) is 11.4. The van der Waals surface area contributed by atoms with Gasteiger partial charge < -0.3 is 30.4 Å². The number of nitrogens with one attached hydrogen (secondary N) is 4. The van der Waals surface area contributed by atoms with Crippen molar-refractivity contribution in [1.82, 2.24) is 15.3 Å². The summed E-state index contributed by atoms with van der Waals surface area (Å²) in [6.07, 6.45) is -1.36. The second-order valence-corrected chi connectivity index (χ2v) is 8.90. The predicted octanol–water partition coefficient (Wildman–Crippen LogP) is 5.94. The number of hydrogen-bond donors (Lipinski definition) is 4. The van der Waals surface area contributed by atoms with E-state index in [-0.39, 0.29) is 17.3 Å². The van der Waals surface area contributed by atoms with Crippen molar-refractivity contribution in [2.75, 3.05) is 44.1 Å². The Morgan fingerprint density at radius 2 is 1.73 bits per heavy atom. The molecule has 0 fully saturated rings. The minimum absolute atomic E-state index is 0.0653. The van der Waals surface area contributed by atoms with Gasteiger partial charge in [0.2, 0.25) is 0 Å². The van der Waals surface area contributed by atoms with E-state index in [2.05, 4.69) is 25.9 Å². The van der Waals surface area contributed by atoms with E-state index >= 15 is 0 Å². The first-order valence-corrected chi connectivity index (χ1v) is 12.4. The average Bonchev–Trinajstić information content (AvgIpc) is 3.36. The number of carbonyl (C=O) groups is 2. The number of H-pyrrole nitrogens is 1. The molecule has 9 nitrogen and oxygen atoms in total. The fourth-order valence-corrected chi connectivity index (χ4v) is 4.11. The zero-order valence-electron chi connectivity index (χ0n) is 21.2. The highest BCUT2D eigenvalue weighted by atomic mass is 35.5. The van der Waals surface area contributed by atoms with Crippen molar-refractivity contribution in [2.45, 2.75) is 6.18 Å². The molecule has 40 heavy (non-hydrogen) atoms. The number of aromatic amines is 1. The Balaban J connectivity index is 1.44. The number of fused-ring (bicyclic) bond motifs is 1. The summed E-state index contributed by atoms with van der Waals surface area (Å²) in [7, 11) is 1.58. The van der Waals surface area contributed by atoms with E-state index in [1.807, 2.05) is 0 Å². The Bertz CT molecular complexity index is 1490. The fraction of sp³-hybridized carbons (Fsp3) is 0.222. The lowest BCUT2D eigenvalue weighted by atomic mass is 10.0. The van der Waals surface area contributed by atoms with Gasteiger partial charge in [-0.25, -0.2) is 4.79 Å². The number of hydrogen-bond acceptors (Lipinski definition) is 5. The van der Waals surface area contributed by atoms with Gasteiger partial charge in [0, 0.05) is 53.9 Å². The summed E-state index contributed by atoms with van der Waals surface area (Å²) in [6.45, 7) is 1.52. The first kappa shape index (κ1) is 28.9. The number of halogens is 4. The molecule has 0 unspecified atom stereocenters. The van der Waals surface area contributed by atoms with Gasteiger partial charge >= 0.3 is 12.2 Å². The quantitative estimate of drug-likeness (QED) is 0.175. The molecule has 0 spiro atoms. The number of methoxy groups -OCH3 is 1. The molecule has 0 saturated carbocycles. The summed E-state index contributed by atoms with van der Waals surface area (Å²) in [5, 5.41) is 7.90. The van der Waals surface area contributed by atoms with Gasteiger partial charge in [0.15, 0.2) is 0 Å². The highest BCUT2D eigenvalue weighted by Gasteiger charge is 2.33. The van der Waals surface area contributed by atoms with Crippen molar-refractivity contribution >= 4 is 45.8 Å². The molecule has 0 aliphatic carbocycles. The molecule has 0 radical (unpaired) electrons. The first-order chi connectivity index (χ1) is 19.2. The molecule has 0 atom stereocenters. The van der Waals surface area contributed by atoms with Crippen molar-refractivity contribution in [3.8, 4) is 11.1 Å². The van der Waals surface area contributed by atoms with Gasteiger partial charge in [-0.15, -0.1) is 0 Å². The van der Waals surface area contributed by atoms with E-state index in [0.717, 1.165) is 23.3 Å². The fourth-order valence-electron chi connectivity index (χ4n) is 3.89. The number of rotatable bonds is 10. The second kappa shape index (κ2) is 12.8. The third-order valence-corrected chi connectivity index (χ3v) is 6.08. The van der Waals surface area contributed by atoms with Crippen molar-refractivity contribution in [1.29, 1.82) is 0 Å². The van der Waals surface area contributed by atoms with E-state index in [1.165, 1.54) is 12.3 Å². The van der Waals surface area contributed by atoms with Crippen molar-refractivity contribution in [2.24, 2.45) is 0 Å². The minimum atomic E-state index is -4.65. The first-order valence-electron chi connectivity index (χ1n) is 12.0. The van der Waals surface area contributed by atoms with Crippen LogP contribution in [0.2, 0.25) is 5.02 Å². The smallest absolute Gasteiger partial charge is 0.382 e. The van der Waals surface area contributed by atoms with Crippen molar-refractivity contribution < 1.29 is 32.2 Å². The van der Waals surface area contributed by atoms with E-state index < -0.39 is 22.8 Å². The molecular formula is C27H25ClF3N5O4. The molecule has 2 aromatic heterocycles. The minimum Gasteiger partial charge on any atom is -0.382 e. The summed E-state index contributed by atoms with van der Waals surface area (Å²) < 4.78 is 49.6. The number of benzene rings is 2. The van der Waals surface area contributed by atoms with Gasteiger partial charge in [-0.2, -0.15) is 13.2 Å². The highest BCUT2D eigenvalue weighted by Crippen LogP contribution is 2.36. The molecule has 4 rings (SSSR count). The van der Waals surface area contributed by atoms with Crippen molar-refractivity contribution in [3.63, 3.8) is 0 Å². The molecule has 2 aromatic carbocycles. The second-order valence-electron chi connectivity index (χ2n) is 8.49. The van der Waals surface area contributed by atoms with Crippen LogP contribution < -0.4 is 16.0 Å². The van der Waals surface area contributed by atoms with Crippen LogP contribution in [0, 0.1) is 0 Å². The zero-order chi connectivity index (χ0) is 28.7. The van der Waals surface area contributed by atoms with Gasteiger partial charge in [-0.1, -0.05) is 23.7 Å². The summed E-state index contributed by atoms with van der Waals surface area (Å²) in [6, 6.07) is 10.9. The average molecular weight is 576 g/mol. The largest absolute Gasteiger partial charge is 0.417 e. The van der Waals surface area contributed by atoms with Gasteiger partial charge in [0.05, 0.1) is 30.4 Å². The summed E-state index contributed by atoms with van der Waals surface area (Å²) in [4.78, 5) is 32.7. The van der Waals surface area contributed by atoms with Gasteiger partial charge in [0.1, 0.15) is 5.69 Å². The zero-order valence-corrected chi connectivity index (χ0v) is 21.9. The SMILES string of the molecule is COCCOCCNC(=O)c1nccc2[nH]cc(-c3ccc(NC(=O)Nc4ccc(Cl)c(C(F)(F)F)c4)cc3)c12. The van der Waals surface area contributed by atoms with Crippen LogP contribution in [-0.4, -0.2) is 55.4 Å². The topological polar surface area (TPSA) is 117 Å². The Morgan fingerprint density at radius 3 is 2.45 bits per heavy atom. The van der Waals surface area contributed by atoms with Gasteiger partial charge in [0.25, 0.3) is 5.91 Å². The van der Waals surface area contributed by atoms with Crippen LogP contribution in [0.3, 0.4) is 0 Å². The van der Waals surface area contributed by atoms with E-state index in [9.17, 15) is 22.8 Å². The lowest BCUT2D eigenvalue weighted by Gasteiger charge is -2.12. The number of alkyl halides is 3. The molecule has 4 aromatic rings. The number of ether oxygens (including phenoxy) is 2. The summed E-state index contributed by atoms with van der Waals surface area (Å²) >= 11 is 5.63. The maximum atomic E-state index is 13.1. The van der Waals surface area contributed by atoms with Crippen LogP contribution in [0.25, 0.3) is 22.0 Å². The molecule has 0 saturated heterocycles. The number of urea groups is 1. The standard InChI is InChI=1S/C27H25ClF3N5O4/c1-39-12-13-40-11-10-33-25(37)24-23-19(15-34-22(23)8-9-32-24)16-2-4-17(5-3-16)35-26(38)36-18-6-7-21(28)20(14-18)27(29,30)31/h2-9,14-15,34H,10-13H2,1H3,(H,33,37)(H2,35,36,38). The lowest BCUT2D eigenvalue weighted by Crippen LogP contribution is -2.28. The molecule has 0 aliphatic rings. The summed E-state index contributed by atoms with van der Waals surface area (Å²) in [5.41, 5.74) is 1.71. The van der Waals surface area contributed by atoms with Crippen LogP contribution in [0.5, 0.6) is 0 Å². The third-order valence-electron chi connectivity index (χ3n) is 5.75. The maximum absolute atomic E-state index is 13.1. The maximum Gasteiger partial charge on any atom is 0.417 e. The number of amides is 3. The lowest BCUT2D eigenvalue weighted by molar-refractivity contribution is -0.137. The van der Waals surface area contributed by atoms with Crippen LogP contribution in [-0.2, 0) is 15.7 Å². The number of aromatic nitrogens is 2. The number of carbonyl (C=O) groups excluding carboxylic acids is 2.